The van der Waals surface area contributed by atoms with Crippen molar-refractivity contribution in [1.82, 2.24) is 0 Å². The Morgan fingerprint density at radius 1 is 1.14 bits per heavy atom. The van der Waals surface area contributed by atoms with E-state index in [0.29, 0.717) is 37.4 Å². The van der Waals surface area contributed by atoms with Gasteiger partial charge in [-0.05, 0) is 42.7 Å². The first kappa shape index (κ1) is 22.9. The summed E-state index contributed by atoms with van der Waals surface area (Å²) in [4.78, 5) is 14.4. The zero-order valence-corrected chi connectivity index (χ0v) is 20.0. The molecular formula is C20H20NaO6PS. The van der Waals surface area contributed by atoms with Crippen LogP contribution in [0.1, 0.15) is 24.0 Å². The van der Waals surface area contributed by atoms with E-state index in [4.69, 9.17) is 18.5 Å². The van der Waals surface area contributed by atoms with Crippen molar-refractivity contribution in [2.75, 3.05) is 20.3 Å². The van der Waals surface area contributed by atoms with E-state index in [-0.39, 0.29) is 35.3 Å². The van der Waals surface area contributed by atoms with Gasteiger partial charge in [0.2, 0.25) is 0 Å². The number of phosphoric acid groups is 1. The van der Waals surface area contributed by atoms with Crippen LogP contribution >= 0.6 is 19.6 Å². The summed E-state index contributed by atoms with van der Waals surface area (Å²) in [6.07, 6.45) is 2.36. The fourth-order valence-electron chi connectivity index (χ4n) is 3.18. The van der Waals surface area contributed by atoms with Gasteiger partial charge in [-0.2, -0.15) is 0 Å². The van der Waals surface area contributed by atoms with Crippen molar-refractivity contribution in [3.05, 3.63) is 53.6 Å². The van der Waals surface area contributed by atoms with Crippen molar-refractivity contribution in [3.63, 3.8) is 0 Å². The third kappa shape index (κ3) is 5.49. The Kier molecular flexibility index (Phi) is 7.93. The van der Waals surface area contributed by atoms with Gasteiger partial charge in [0.25, 0.3) is 0 Å². The van der Waals surface area contributed by atoms with Gasteiger partial charge in [0.05, 0.1) is 18.1 Å². The molecule has 1 fully saturated rings. The molecule has 0 amide bonds. The quantitative estimate of drug-likeness (QED) is 0.511. The van der Waals surface area contributed by atoms with Crippen LogP contribution in [0.25, 0.3) is 11.8 Å². The summed E-state index contributed by atoms with van der Waals surface area (Å²) in [5, 5.41) is 0. The van der Waals surface area contributed by atoms with E-state index < -0.39 is 13.9 Å². The molecule has 0 aromatic heterocycles. The maximum atomic E-state index is 12.6. The van der Waals surface area contributed by atoms with Crippen LogP contribution in [-0.4, -0.2) is 26.4 Å². The Balaban J connectivity index is 0.00000240. The summed E-state index contributed by atoms with van der Waals surface area (Å²) in [7, 11) is -2.98. The van der Waals surface area contributed by atoms with Crippen LogP contribution in [0.2, 0.25) is 0 Å². The molecule has 0 aliphatic carbocycles. The van der Waals surface area contributed by atoms with Crippen molar-refractivity contribution in [1.29, 1.82) is 0 Å². The molecular weight excluding hydrogens is 422 g/mol. The van der Waals surface area contributed by atoms with Crippen LogP contribution in [-0.2, 0) is 18.3 Å². The molecule has 1 unspecified atom stereocenters. The molecule has 148 valence electrons. The second-order valence-electron chi connectivity index (χ2n) is 6.44. The summed E-state index contributed by atoms with van der Waals surface area (Å²) in [5.74, 6) is 0.872. The molecule has 9 heteroatoms. The van der Waals surface area contributed by atoms with E-state index in [1.54, 1.807) is 19.3 Å². The van der Waals surface area contributed by atoms with Crippen LogP contribution < -0.4 is 39.2 Å². The first-order valence-corrected chi connectivity index (χ1v) is 11.3. The minimum atomic E-state index is -4.56. The summed E-state index contributed by atoms with van der Waals surface area (Å²) in [6, 6.07) is 13.2. The van der Waals surface area contributed by atoms with Crippen molar-refractivity contribution < 1.29 is 57.5 Å². The molecule has 0 bridgehead atoms. The number of hydrogen-bond acceptors (Lipinski definition) is 7. The normalized spacial score (nSPS) is 18.2. The number of rotatable bonds is 5. The first-order chi connectivity index (χ1) is 13.6. The predicted molar refractivity (Wildman–Crippen MR) is 105 cm³/mol. The molecule has 2 heterocycles. The zero-order chi connectivity index (χ0) is 19.6. The molecule has 0 saturated carbocycles. The van der Waals surface area contributed by atoms with E-state index in [9.17, 15) is 9.46 Å². The summed E-state index contributed by atoms with van der Waals surface area (Å²) >= 11 is 1.51. The fourth-order valence-corrected chi connectivity index (χ4v) is 5.33. The largest absolute Gasteiger partial charge is 1.00 e. The smallest absolute Gasteiger partial charge is 0.746 e. The summed E-state index contributed by atoms with van der Waals surface area (Å²) in [5.41, 5.74) is 1.51. The molecule has 1 atom stereocenters. The van der Waals surface area contributed by atoms with Gasteiger partial charge in [-0.15, -0.1) is 0 Å². The second-order valence-corrected chi connectivity index (χ2v) is 8.78. The SMILES string of the molecule is COc1cccc2c1Sc1ccccc1C=C2OP(=O)([O-])OC1CCOCC1.[Na+]. The number of ether oxygens (including phenoxy) is 2. The third-order valence-electron chi connectivity index (χ3n) is 4.54. The molecule has 4 rings (SSSR count). The number of phosphoric ester groups is 1. The summed E-state index contributed by atoms with van der Waals surface area (Å²) in [6.45, 7) is 0.967. The molecule has 0 radical (unpaired) electrons. The van der Waals surface area contributed by atoms with Gasteiger partial charge in [-0.25, -0.2) is 0 Å². The Morgan fingerprint density at radius 2 is 1.90 bits per heavy atom. The van der Waals surface area contributed by atoms with E-state index in [2.05, 4.69) is 0 Å². The van der Waals surface area contributed by atoms with Crippen LogP contribution in [0.15, 0.2) is 52.3 Å². The average molecular weight is 442 g/mol. The molecule has 0 N–H and O–H groups in total. The van der Waals surface area contributed by atoms with Gasteiger partial charge in [-0.3, -0.25) is 4.57 Å². The number of benzene rings is 2. The number of methoxy groups -OCH3 is 1. The van der Waals surface area contributed by atoms with Crippen LogP contribution in [0.3, 0.4) is 0 Å². The van der Waals surface area contributed by atoms with Gasteiger partial charge < -0.3 is 23.4 Å². The molecule has 29 heavy (non-hydrogen) atoms. The van der Waals surface area contributed by atoms with Gasteiger partial charge >= 0.3 is 37.4 Å². The van der Waals surface area contributed by atoms with Gasteiger partial charge in [-0.1, -0.05) is 36.0 Å². The Labute approximate surface area is 196 Å². The minimum absolute atomic E-state index is 0. The number of fused-ring (bicyclic) bond motifs is 2. The minimum Gasteiger partial charge on any atom is -0.746 e. The molecule has 2 aliphatic heterocycles. The number of hydrogen-bond donors (Lipinski definition) is 0. The van der Waals surface area contributed by atoms with Crippen molar-refractivity contribution in [3.8, 4) is 5.75 Å². The maximum Gasteiger partial charge on any atom is 1.00 e. The monoisotopic (exact) mass is 442 g/mol. The topological polar surface area (TPSA) is 77.1 Å². The van der Waals surface area contributed by atoms with Crippen molar-refractivity contribution >= 4 is 31.4 Å². The zero-order valence-electron chi connectivity index (χ0n) is 16.3. The van der Waals surface area contributed by atoms with Gasteiger partial charge in [0.1, 0.15) is 11.5 Å². The van der Waals surface area contributed by atoms with E-state index >= 15 is 0 Å². The van der Waals surface area contributed by atoms with E-state index in [1.807, 2.05) is 36.4 Å². The van der Waals surface area contributed by atoms with E-state index in [0.717, 1.165) is 15.4 Å². The third-order valence-corrected chi connectivity index (χ3v) is 6.73. The van der Waals surface area contributed by atoms with Crippen LogP contribution in [0, 0.1) is 0 Å². The molecule has 2 aromatic rings. The molecule has 1 saturated heterocycles. The molecule has 2 aliphatic rings. The van der Waals surface area contributed by atoms with Crippen molar-refractivity contribution in [2.45, 2.75) is 28.7 Å². The fraction of sp³-hybridized carbons (Fsp3) is 0.300. The average Bonchev–Trinajstić information content (AvgIpc) is 2.84. The Bertz CT molecular complexity index is 944. The van der Waals surface area contributed by atoms with E-state index in [1.165, 1.54) is 11.8 Å². The van der Waals surface area contributed by atoms with Gasteiger partial charge in [0.15, 0.2) is 0 Å². The van der Waals surface area contributed by atoms with Crippen LogP contribution in [0.4, 0.5) is 0 Å². The molecule has 0 spiro atoms. The van der Waals surface area contributed by atoms with Gasteiger partial charge in [0, 0.05) is 23.7 Å². The standard InChI is InChI=1S/C20H21O6PS.Na/c1-23-17-7-4-6-16-18(13-14-5-2-3-8-19(14)28-20(16)17)26-27(21,22)25-15-9-11-24-12-10-15;/h2-8,13,15H,9-12H2,1H3,(H,21,22);/q;+1/p-1. The summed E-state index contributed by atoms with van der Waals surface area (Å²) < 4.78 is 34.1. The Morgan fingerprint density at radius 3 is 2.66 bits per heavy atom. The van der Waals surface area contributed by atoms with Crippen LogP contribution in [0.5, 0.6) is 5.75 Å². The Hall–Kier alpha value is -0.760. The first-order valence-electron chi connectivity index (χ1n) is 8.98. The molecule has 2 aromatic carbocycles. The maximum absolute atomic E-state index is 12.6. The molecule has 6 nitrogen and oxygen atoms in total. The van der Waals surface area contributed by atoms with Crippen molar-refractivity contribution in [2.24, 2.45) is 0 Å². The predicted octanol–water partition coefficient (Wildman–Crippen LogP) is 1.34. The second kappa shape index (κ2) is 10.0.